The van der Waals surface area contributed by atoms with Gasteiger partial charge in [-0.15, -0.1) is 0 Å². The minimum absolute atomic E-state index is 0.426. The third-order valence-corrected chi connectivity index (χ3v) is 1.68. The third-order valence-electron chi connectivity index (χ3n) is 1.68. The zero-order valence-corrected chi connectivity index (χ0v) is 7.04. The minimum Gasteiger partial charge on any atom is -0.387 e. The van der Waals surface area contributed by atoms with E-state index in [-0.39, 0.29) is 0 Å². The van der Waals surface area contributed by atoms with Crippen molar-refractivity contribution in [2.75, 3.05) is 0 Å². The minimum atomic E-state index is -1.34. The van der Waals surface area contributed by atoms with Gasteiger partial charge in [-0.05, 0) is 6.92 Å². The molecule has 2 atom stereocenters. The lowest BCUT2D eigenvalue weighted by molar-refractivity contribution is 0.144. The molecule has 3 nitrogen and oxygen atoms in total. The first-order valence-corrected chi connectivity index (χ1v) is 3.76. The van der Waals surface area contributed by atoms with E-state index in [1.165, 1.54) is 6.92 Å². The molecule has 0 radical (unpaired) electrons. The summed E-state index contributed by atoms with van der Waals surface area (Å²) in [6.45, 7) is 1.46. The van der Waals surface area contributed by atoms with Crippen LogP contribution in [-0.2, 0) is 0 Å². The molecule has 0 aromatic carbocycles. The van der Waals surface area contributed by atoms with Gasteiger partial charge in [0.25, 0.3) is 0 Å². The fraction of sp³-hybridized carbons (Fsp3) is 0.375. The van der Waals surface area contributed by atoms with Crippen molar-refractivity contribution in [2.24, 2.45) is 5.73 Å². The predicted molar refractivity (Wildman–Crippen MR) is 42.8 cm³/mol. The lowest BCUT2D eigenvalue weighted by Crippen LogP contribution is -2.26. The van der Waals surface area contributed by atoms with Crippen LogP contribution in [0.3, 0.4) is 0 Å². The van der Waals surface area contributed by atoms with Gasteiger partial charge < -0.3 is 10.8 Å². The number of nitrogens with zero attached hydrogens (tertiary/aromatic N) is 1. The molecule has 13 heavy (non-hydrogen) atoms. The second-order valence-corrected chi connectivity index (χ2v) is 2.82. The van der Waals surface area contributed by atoms with Crippen LogP contribution in [0.25, 0.3) is 0 Å². The Hall–Kier alpha value is -1.07. The van der Waals surface area contributed by atoms with E-state index in [1.807, 2.05) is 0 Å². The molecule has 5 heteroatoms. The number of hydrogen-bond acceptors (Lipinski definition) is 3. The molecule has 0 spiro atoms. The summed E-state index contributed by atoms with van der Waals surface area (Å²) in [4.78, 5) is 3.28. The van der Waals surface area contributed by atoms with Crippen LogP contribution in [-0.4, -0.2) is 16.1 Å². The number of hydrogen-bond donors (Lipinski definition) is 2. The molecule has 0 amide bonds. The largest absolute Gasteiger partial charge is 0.387 e. The van der Waals surface area contributed by atoms with E-state index in [4.69, 9.17) is 5.73 Å². The molecule has 72 valence electrons. The summed E-state index contributed by atoms with van der Waals surface area (Å²) in [6, 6.07) is -0.730. The summed E-state index contributed by atoms with van der Waals surface area (Å²) in [7, 11) is 0. The van der Waals surface area contributed by atoms with Gasteiger partial charge >= 0.3 is 0 Å². The standard InChI is InChI=1S/C8H10F2N2O/c1-4(11)8(13)7-5(9)2-12-3-6(7)10/h2-4,8,13H,11H2,1H3. The highest BCUT2D eigenvalue weighted by Gasteiger charge is 2.21. The summed E-state index contributed by atoms with van der Waals surface area (Å²) in [5.74, 6) is -1.77. The number of aliphatic hydroxyl groups excluding tert-OH is 1. The van der Waals surface area contributed by atoms with Crippen molar-refractivity contribution < 1.29 is 13.9 Å². The Balaban J connectivity index is 3.12. The molecular formula is C8H10F2N2O. The molecule has 1 aromatic heterocycles. The molecule has 1 rings (SSSR count). The van der Waals surface area contributed by atoms with Gasteiger partial charge in [0.1, 0.15) is 11.6 Å². The normalized spacial score (nSPS) is 15.5. The van der Waals surface area contributed by atoms with Crippen molar-refractivity contribution in [3.8, 4) is 0 Å². The second-order valence-electron chi connectivity index (χ2n) is 2.82. The van der Waals surface area contributed by atoms with Gasteiger partial charge in [0.2, 0.25) is 0 Å². The first-order valence-electron chi connectivity index (χ1n) is 3.76. The lowest BCUT2D eigenvalue weighted by atomic mass is 10.0. The average molecular weight is 188 g/mol. The summed E-state index contributed by atoms with van der Waals surface area (Å²) >= 11 is 0. The molecule has 3 N–H and O–H groups in total. The Kier molecular flexibility index (Phi) is 2.90. The van der Waals surface area contributed by atoms with Gasteiger partial charge in [0, 0.05) is 6.04 Å². The van der Waals surface area contributed by atoms with Crippen LogP contribution in [0, 0.1) is 11.6 Å². The van der Waals surface area contributed by atoms with E-state index in [0.717, 1.165) is 12.4 Å². The molecule has 2 unspecified atom stereocenters. The fourth-order valence-corrected chi connectivity index (χ4v) is 0.967. The SMILES string of the molecule is CC(N)C(O)c1c(F)cncc1F. The Bertz CT molecular complexity index is 284. The number of halogens is 2. The van der Waals surface area contributed by atoms with Gasteiger partial charge in [-0.2, -0.15) is 0 Å². The average Bonchev–Trinajstić information content (AvgIpc) is 2.03. The summed E-state index contributed by atoms with van der Waals surface area (Å²) in [6.07, 6.45) is 0.330. The van der Waals surface area contributed by atoms with Gasteiger partial charge in [0.05, 0.1) is 24.1 Å². The van der Waals surface area contributed by atoms with Crippen LogP contribution >= 0.6 is 0 Å². The first-order chi connectivity index (χ1) is 6.04. The Morgan fingerprint density at radius 1 is 1.38 bits per heavy atom. The first kappa shape index (κ1) is 10.0. The molecule has 0 saturated carbocycles. The van der Waals surface area contributed by atoms with Crippen LogP contribution < -0.4 is 5.73 Å². The molecule has 0 aliphatic heterocycles. The quantitative estimate of drug-likeness (QED) is 0.719. The number of pyridine rings is 1. The molecule has 1 heterocycles. The zero-order valence-electron chi connectivity index (χ0n) is 7.04. The second kappa shape index (κ2) is 3.76. The van der Waals surface area contributed by atoms with E-state index in [9.17, 15) is 13.9 Å². The molecule has 0 aliphatic rings. The highest BCUT2D eigenvalue weighted by atomic mass is 19.1. The smallest absolute Gasteiger partial charge is 0.150 e. The van der Waals surface area contributed by atoms with Crippen molar-refractivity contribution in [3.63, 3.8) is 0 Å². The van der Waals surface area contributed by atoms with Crippen LogP contribution in [0.5, 0.6) is 0 Å². The van der Waals surface area contributed by atoms with Gasteiger partial charge in [-0.1, -0.05) is 0 Å². The monoisotopic (exact) mass is 188 g/mol. The fourth-order valence-electron chi connectivity index (χ4n) is 0.967. The number of aliphatic hydroxyl groups is 1. The maximum Gasteiger partial charge on any atom is 0.150 e. The summed E-state index contributed by atoms with van der Waals surface area (Å²) in [5.41, 5.74) is 4.88. The van der Waals surface area contributed by atoms with Crippen molar-refractivity contribution in [1.29, 1.82) is 0 Å². The lowest BCUT2D eigenvalue weighted by Gasteiger charge is -2.15. The summed E-state index contributed by atoms with van der Waals surface area (Å²) in [5, 5.41) is 9.33. The van der Waals surface area contributed by atoms with Crippen LogP contribution in [0.15, 0.2) is 12.4 Å². The molecular weight excluding hydrogens is 178 g/mol. The van der Waals surface area contributed by atoms with E-state index in [0.29, 0.717) is 0 Å². The highest BCUT2D eigenvalue weighted by molar-refractivity contribution is 5.19. The number of nitrogens with two attached hydrogens (primary N) is 1. The van der Waals surface area contributed by atoms with Crippen molar-refractivity contribution >= 4 is 0 Å². The summed E-state index contributed by atoms with van der Waals surface area (Å²) < 4.78 is 25.9. The number of rotatable bonds is 2. The maximum absolute atomic E-state index is 12.9. The predicted octanol–water partition coefficient (Wildman–Crippen LogP) is 0.740. The van der Waals surface area contributed by atoms with Crippen LogP contribution in [0.4, 0.5) is 8.78 Å². The van der Waals surface area contributed by atoms with E-state index in [1.54, 1.807) is 0 Å². The molecule has 0 saturated heterocycles. The van der Waals surface area contributed by atoms with Crippen molar-refractivity contribution in [1.82, 2.24) is 4.98 Å². The van der Waals surface area contributed by atoms with E-state index >= 15 is 0 Å². The zero-order chi connectivity index (χ0) is 10.0. The maximum atomic E-state index is 12.9. The van der Waals surface area contributed by atoms with Crippen LogP contribution in [0.1, 0.15) is 18.6 Å². The third kappa shape index (κ3) is 1.99. The molecule has 1 aromatic rings. The molecule has 0 bridgehead atoms. The van der Waals surface area contributed by atoms with Crippen LogP contribution in [0.2, 0.25) is 0 Å². The molecule has 0 aliphatic carbocycles. The number of aromatic nitrogens is 1. The Labute approximate surface area is 74.2 Å². The van der Waals surface area contributed by atoms with E-state index < -0.39 is 29.3 Å². The van der Waals surface area contributed by atoms with E-state index in [2.05, 4.69) is 4.98 Å². The van der Waals surface area contributed by atoms with Gasteiger partial charge in [-0.3, -0.25) is 4.98 Å². The van der Waals surface area contributed by atoms with Crippen molar-refractivity contribution in [3.05, 3.63) is 29.6 Å². The topological polar surface area (TPSA) is 59.1 Å². The van der Waals surface area contributed by atoms with Gasteiger partial charge in [0.15, 0.2) is 0 Å². The Morgan fingerprint density at radius 2 is 1.85 bits per heavy atom. The Morgan fingerprint density at radius 3 is 2.23 bits per heavy atom. The van der Waals surface area contributed by atoms with Gasteiger partial charge in [-0.25, -0.2) is 8.78 Å². The van der Waals surface area contributed by atoms with Crippen molar-refractivity contribution in [2.45, 2.75) is 19.1 Å². The highest BCUT2D eigenvalue weighted by Crippen LogP contribution is 2.21. The molecule has 0 fully saturated rings.